The van der Waals surface area contributed by atoms with Crippen molar-refractivity contribution in [3.05, 3.63) is 41.6 Å². The second-order valence-electron chi connectivity index (χ2n) is 2.41. The van der Waals surface area contributed by atoms with Gasteiger partial charge >= 0.3 is 0 Å². The maximum atomic E-state index is 5.81. The lowest BCUT2D eigenvalue weighted by atomic mass is 10.4. The molecule has 1 nitrogen and oxygen atoms in total. The Balaban J connectivity index is 2.52. The molecule has 0 aliphatic heterocycles. The highest BCUT2D eigenvalue weighted by Gasteiger charge is 1.93. The van der Waals surface area contributed by atoms with E-state index in [4.69, 9.17) is 16.0 Å². The molecule has 0 saturated carbocycles. The Morgan fingerprint density at radius 2 is 2.33 bits per heavy atom. The van der Waals surface area contributed by atoms with Gasteiger partial charge in [-0.2, -0.15) is 0 Å². The molecular weight excluding hydrogens is 188 g/mol. The van der Waals surface area contributed by atoms with Gasteiger partial charge in [-0.25, -0.2) is 0 Å². The molecule has 1 rings (SSSR count). The first-order valence-electron chi connectivity index (χ1n) is 3.80. The molecule has 0 unspecified atom stereocenters. The summed E-state index contributed by atoms with van der Waals surface area (Å²) in [5.74, 6) is 0. The number of benzene rings is 1. The van der Waals surface area contributed by atoms with Gasteiger partial charge in [0.05, 0.1) is 6.26 Å². The number of rotatable bonds is 3. The van der Waals surface area contributed by atoms with Crippen molar-refractivity contribution in [2.45, 2.75) is 6.92 Å². The summed E-state index contributed by atoms with van der Waals surface area (Å²) in [6.45, 7) is 1.94. The molecular formula is C9H11ClOSi. The number of halogens is 1. The minimum absolute atomic E-state index is 0.615. The Morgan fingerprint density at radius 3 is 3.00 bits per heavy atom. The molecule has 0 N–H and O–H groups in total. The van der Waals surface area contributed by atoms with E-state index in [0.29, 0.717) is 0 Å². The Labute approximate surface area is 80.0 Å². The third-order valence-corrected chi connectivity index (χ3v) is 2.74. The van der Waals surface area contributed by atoms with Crippen molar-refractivity contribution < 1.29 is 4.43 Å². The van der Waals surface area contributed by atoms with E-state index in [1.165, 1.54) is 5.19 Å². The predicted molar refractivity (Wildman–Crippen MR) is 55.5 cm³/mol. The quantitative estimate of drug-likeness (QED) is 0.530. The third-order valence-electron chi connectivity index (χ3n) is 1.37. The molecule has 0 heterocycles. The zero-order chi connectivity index (χ0) is 8.81. The highest BCUT2D eigenvalue weighted by atomic mass is 35.5. The summed E-state index contributed by atoms with van der Waals surface area (Å²) in [5, 5.41) is 2.00. The predicted octanol–water partition coefficient (Wildman–Crippen LogP) is 1.60. The Bertz CT molecular complexity index is 273. The van der Waals surface area contributed by atoms with Gasteiger partial charge < -0.3 is 4.43 Å². The molecule has 12 heavy (non-hydrogen) atoms. The molecule has 0 aliphatic rings. The van der Waals surface area contributed by atoms with Crippen molar-refractivity contribution in [1.82, 2.24) is 0 Å². The van der Waals surface area contributed by atoms with E-state index in [2.05, 4.69) is 0 Å². The smallest absolute Gasteiger partial charge is 0.250 e. The van der Waals surface area contributed by atoms with E-state index in [1.807, 2.05) is 37.3 Å². The Hall–Kier alpha value is -0.733. The topological polar surface area (TPSA) is 9.23 Å². The van der Waals surface area contributed by atoms with E-state index in [9.17, 15) is 0 Å². The first-order chi connectivity index (χ1) is 5.83. The van der Waals surface area contributed by atoms with Crippen molar-refractivity contribution in [2.75, 3.05) is 0 Å². The SMILES string of the molecule is CC=CO[SiH2]c1cccc(Cl)c1. The summed E-state index contributed by atoms with van der Waals surface area (Å²) in [7, 11) is -0.615. The van der Waals surface area contributed by atoms with E-state index in [-0.39, 0.29) is 0 Å². The lowest BCUT2D eigenvalue weighted by Crippen LogP contribution is -2.14. The van der Waals surface area contributed by atoms with Gasteiger partial charge in [-0.05, 0) is 24.2 Å². The van der Waals surface area contributed by atoms with Crippen molar-refractivity contribution in [2.24, 2.45) is 0 Å². The maximum Gasteiger partial charge on any atom is 0.250 e. The van der Waals surface area contributed by atoms with Gasteiger partial charge in [0.1, 0.15) is 0 Å². The van der Waals surface area contributed by atoms with E-state index < -0.39 is 9.76 Å². The van der Waals surface area contributed by atoms with Crippen LogP contribution in [-0.2, 0) is 4.43 Å². The van der Waals surface area contributed by atoms with Crippen LogP contribution in [-0.4, -0.2) is 9.76 Å². The summed E-state index contributed by atoms with van der Waals surface area (Å²) in [6.07, 6.45) is 3.62. The van der Waals surface area contributed by atoms with Crippen LogP contribution in [0.25, 0.3) is 0 Å². The molecule has 1 aromatic carbocycles. The van der Waals surface area contributed by atoms with Gasteiger partial charge in [0.25, 0.3) is 9.76 Å². The summed E-state index contributed by atoms with van der Waals surface area (Å²) < 4.78 is 5.32. The van der Waals surface area contributed by atoms with Crippen LogP contribution in [0.1, 0.15) is 6.92 Å². The first-order valence-corrected chi connectivity index (χ1v) is 5.46. The van der Waals surface area contributed by atoms with Gasteiger partial charge in [0.2, 0.25) is 0 Å². The summed E-state index contributed by atoms with van der Waals surface area (Å²) >= 11 is 5.81. The Kier molecular flexibility index (Phi) is 3.91. The normalized spacial score (nSPS) is 11.5. The van der Waals surface area contributed by atoms with Crippen LogP contribution in [0.5, 0.6) is 0 Å². The third kappa shape index (κ3) is 3.11. The lowest BCUT2D eigenvalue weighted by Gasteiger charge is -1.99. The van der Waals surface area contributed by atoms with E-state index in [1.54, 1.807) is 6.26 Å². The zero-order valence-corrected chi connectivity index (χ0v) is 9.13. The fourth-order valence-electron chi connectivity index (χ4n) is 0.867. The summed E-state index contributed by atoms with van der Waals surface area (Å²) in [4.78, 5) is 0. The highest BCUT2D eigenvalue weighted by Crippen LogP contribution is 2.02. The zero-order valence-electron chi connectivity index (χ0n) is 6.96. The van der Waals surface area contributed by atoms with Crippen LogP contribution in [0.4, 0.5) is 0 Å². The number of hydrogen-bond acceptors (Lipinski definition) is 1. The van der Waals surface area contributed by atoms with Gasteiger partial charge in [0, 0.05) is 5.02 Å². The molecule has 0 spiro atoms. The van der Waals surface area contributed by atoms with Crippen molar-refractivity contribution in [3.63, 3.8) is 0 Å². The van der Waals surface area contributed by atoms with E-state index in [0.717, 1.165) is 5.02 Å². The average Bonchev–Trinajstić information content (AvgIpc) is 2.05. The van der Waals surface area contributed by atoms with Crippen LogP contribution in [0, 0.1) is 0 Å². The number of allylic oxidation sites excluding steroid dienone is 1. The maximum absolute atomic E-state index is 5.81. The van der Waals surface area contributed by atoms with Crippen LogP contribution < -0.4 is 5.19 Å². The van der Waals surface area contributed by atoms with Crippen molar-refractivity contribution in [3.8, 4) is 0 Å². The minimum atomic E-state index is -0.615. The fraction of sp³-hybridized carbons (Fsp3) is 0.111. The van der Waals surface area contributed by atoms with Gasteiger partial charge in [0.15, 0.2) is 0 Å². The Morgan fingerprint density at radius 1 is 1.50 bits per heavy atom. The molecule has 0 amide bonds. The van der Waals surface area contributed by atoms with Gasteiger partial charge in [-0.15, -0.1) is 0 Å². The van der Waals surface area contributed by atoms with Gasteiger partial charge in [-0.1, -0.05) is 29.8 Å². The van der Waals surface area contributed by atoms with Crippen LogP contribution in [0.15, 0.2) is 36.6 Å². The van der Waals surface area contributed by atoms with Crippen LogP contribution in [0.2, 0.25) is 5.02 Å². The molecule has 0 atom stereocenters. The van der Waals surface area contributed by atoms with Gasteiger partial charge in [-0.3, -0.25) is 0 Å². The second-order valence-corrected chi connectivity index (χ2v) is 4.29. The molecule has 0 saturated heterocycles. The fourth-order valence-corrected chi connectivity index (χ4v) is 2.23. The first kappa shape index (κ1) is 9.36. The number of hydrogen-bond donors (Lipinski definition) is 0. The molecule has 1 aromatic rings. The molecule has 3 heteroatoms. The van der Waals surface area contributed by atoms with E-state index >= 15 is 0 Å². The monoisotopic (exact) mass is 198 g/mol. The van der Waals surface area contributed by atoms with Crippen LogP contribution in [0.3, 0.4) is 0 Å². The van der Waals surface area contributed by atoms with Crippen molar-refractivity contribution >= 4 is 26.6 Å². The second kappa shape index (κ2) is 5.01. The standard InChI is InChI=1S/C9H11ClOSi/c1-2-6-11-12-9-5-3-4-8(10)7-9/h2-7H,12H2,1H3. The summed E-state index contributed by atoms with van der Waals surface area (Å²) in [5.41, 5.74) is 0. The molecule has 0 fully saturated rings. The molecule has 0 bridgehead atoms. The molecule has 64 valence electrons. The highest BCUT2D eigenvalue weighted by molar-refractivity contribution is 6.47. The lowest BCUT2D eigenvalue weighted by molar-refractivity contribution is 0.523. The molecule has 0 radical (unpaired) electrons. The van der Waals surface area contributed by atoms with Crippen molar-refractivity contribution in [1.29, 1.82) is 0 Å². The minimum Gasteiger partial charge on any atom is -0.551 e. The molecule has 0 aliphatic carbocycles. The summed E-state index contributed by atoms with van der Waals surface area (Å²) in [6, 6.07) is 7.82. The molecule has 0 aromatic heterocycles. The van der Waals surface area contributed by atoms with Crippen LogP contribution >= 0.6 is 11.6 Å². The largest absolute Gasteiger partial charge is 0.551 e. The average molecular weight is 199 g/mol.